The third kappa shape index (κ3) is 6.22. The largest absolute Gasteiger partial charge is 0.508 e. The van der Waals surface area contributed by atoms with Crippen molar-refractivity contribution in [1.29, 1.82) is 0 Å². The van der Waals surface area contributed by atoms with Crippen molar-refractivity contribution >= 4 is 5.97 Å². The van der Waals surface area contributed by atoms with Crippen molar-refractivity contribution in [3.63, 3.8) is 0 Å². The Hall–Kier alpha value is -4.05. The van der Waals surface area contributed by atoms with Gasteiger partial charge >= 0.3 is 5.97 Å². The highest BCUT2D eigenvalue weighted by atomic mass is 16.6. The van der Waals surface area contributed by atoms with Gasteiger partial charge in [-0.3, -0.25) is 0 Å². The third-order valence-corrected chi connectivity index (χ3v) is 4.29. The number of rotatable bonds is 9. The summed E-state index contributed by atoms with van der Waals surface area (Å²) in [7, 11) is 0. The van der Waals surface area contributed by atoms with Crippen molar-refractivity contribution in [3.05, 3.63) is 65.6 Å². The van der Waals surface area contributed by atoms with Gasteiger partial charge in [-0.05, 0) is 37.3 Å². The zero-order valence-corrected chi connectivity index (χ0v) is 17.1. The number of phenolic OH excluding ortho intramolecular Hbond substituents is 4. The van der Waals surface area contributed by atoms with Gasteiger partial charge in [0.25, 0.3) is 0 Å². The summed E-state index contributed by atoms with van der Waals surface area (Å²) in [5, 5.41) is 67.1. The minimum Gasteiger partial charge on any atom is -0.508 e. The Kier molecular flexibility index (Phi) is 7.81. The molecule has 10 nitrogen and oxygen atoms in total. The van der Waals surface area contributed by atoms with E-state index in [4.69, 9.17) is 14.6 Å². The maximum atomic E-state index is 12.3. The van der Waals surface area contributed by atoms with Crippen LogP contribution < -0.4 is 4.74 Å². The first-order valence-electron chi connectivity index (χ1n) is 9.38. The molecule has 2 atom stereocenters. The Morgan fingerprint density at radius 1 is 1.09 bits per heavy atom. The Balaban J connectivity index is 2.11. The van der Waals surface area contributed by atoms with Gasteiger partial charge in [-0.1, -0.05) is 12.6 Å². The molecule has 0 aliphatic carbocycles. The van der Waals surface area contributed by atoms with E-state index in [0.717, 1.165) is 18.2 Å². The number of hydrogen-bond donors (Lipinski definition) is 7. The van der Waals surface area contributed by atoms with E-state index in [1.54, 1.807) is 0 Å². The minimum absolute atomic E-state index is 0.0228. The fourth-order valence-electron chi connectivity index (χ4n) is 2.70. The highest BCUT2D eigenvalue weighted by Gasteiger charge is 2.20. The predicted molar refractivity (Wildman–Crippen MR) is 112 cm³/mol. The van der Waals surface area contributed by atoms with Crippen LogP contribution in [0.5, 0.6) is 28.7 Å². The van der Waals surface area contributed by atoms with Crippen molar-refractivity contribution in [3.8, 4) is 28.7 Å². The van der Waals surface area contributed by atoms with Crippen LogP contribution in [0.25, 0.3) is 0 Å². The quantitative estimate of drug-likeness (QED) is 0.0992. The molecule has 0 aliphatic heterocycles. The lowest BCUT2D eigenvalue weighted by atomic mass is 10.1. The standard InChI is InChI=1S/C22H24O10/c1-11(31-22(30)13-9-17(26)21(29)18(27)10-13)8-14-16(25)4-3-5-19(14)32-20(28)7-6-15(24)12(2)23/h3-6,9-11,20,23-29H,2,7-8H2,1H3/b15-6+/t11-,20?/m0/s1. The topological polar surface area (TPSA) is 177 Å². The summed E-state index contributed by atoms with van der Waals surface area (Å²) in [4.78, 5) is 12.3. The summed E-state index contributed by atoms with van der Waals surface area (Å²) in [6.07, 6.45) is -1.36. The molecule has 2 aromatic rings. The zero-order chi connectivity index (χ0) is 24.0. The molecule has 10 heteroatoms. The molecule has 0 bridgehead atoms. The van der Waals surface area contributed by atoms with Crippen LogP contribution in [-0.2, 0) is 11.2 Å². The lowest BCUT2D eigenvalue weighted by molar-refractivity contribution is -0.0156. The number of aliphatic hydroxyl groups excluding tert-OH is 3. The third-order valence-electron chi connectivity index (χ3n) is 4.29. The molecule has 32 heavy (non-hydrogen) atoms. The van der Waals surface area contributed by atoms with E-state index < -0.39 is 47.1 Å². The van der Waals surface area contributed by atoms with Crippen LogP contribution in [0.1, 0.15) is 29.3 Å². The van der Waals surface area contributed by atoms with E-state index >= 15 is 0 Å². The SMILES string of the molecule is C=C(O)/C(O)=C\CC(O)Oc1cccc(O)c1C[C@H](C)OC(=O)c1cc(O)c(O)c(O)c1. The number of aliphatic hydroxyl groups is 3. The Morgan fingerprint density at radius 3 is 2.31 bits per heavy atom. The first kappa shape index (κ1) is 24.2. The maximum Gasteiger partial charge on any atom is 0.338 e. The average molecular weight is 448 g/mol. The van der Waals surface area contributed by atoms with Crippen molar-refractivity contribution in [2.75, 3.05) is 0 Å². The summed E-state index contributed by atoms with van der Waals surface area (Å²) in [5.74, 6) is -4.23. The van der Waals surface area contributed by atoms with E-state index in [1.807, 2.05) is 0 Å². The van der Waals surface area contributed by atoms with E-state index in [-0.39, 0.29) is 35.5 Å². The van der Waals surface area contributed by atoms with Crippen molar-refractivity contribution < 1.29 is 50.0 Å². The minimum atomic E-state index is -1.43. The molecule has 2 aromatic carbocycles. The summed E-state index contributed by atoms with van der Waals surface area (Å²) >= 11 is 0. The Bertz CT molecular complexity index is 1000. The molecule has 0 amide bonds. The first-order chi connectivity index (χ1) is 15.0. The normalized spacial score (nSPS) is 13.2. The second kappa shape index (κ2) is 10.3. The van der Waals surface area contributed by atoms with E-state index in [2.05, 4.69) is 6.58 Å². The second-order valence-electron chi connectivity index (χ2n) is 6.88. The van der Waals surface area contributed by atoms with E-state index in [9.17, 15) is 35.4 Å². The van der Waals surface area contributed by atoms with Crippen LogP contribution in [0, 0.1) is 0 Å². The number of ether oxygens (including phenoxy) is 2. The van der Waals surface area contributed by atoms with Gasteiger partial charge in [0.1, 0.15) is 23.4 Å². The molecule has 0 saturated carbocycles. The molecule has 0 aliphatic rings. The van der Waals surface area contributed by atoms with E-state index in [1.165, 1.54) is 25.1 Å². The molecule has 0 saturated heterocycles. The number of carbonyl (C=O) groups excluding carboxylic acids is 1. The maximum absolute atomic E-state index is 12.3. The number of aromatic hydroxyl groups is 4. The molecular weight excluding hydrogens is 424 g/mol. The fourth-order valence-corrected chi connectivity index (χ4v) is 2.70. The van der Waals surface area contributed by atoms with Crippen molar-refractivity contribution in [1.82, 2.24) is 0 Å². The number of hydrogen-bond acceptors (Lipinski definition) is 10. The van der Waals surface area contributed by atoms with Gasteiger partial charge in [0, 0.05) is 18.4 Å². The van der Waals surface area contributed by atoms with Crippen LogP contribution in [0.2, 0.25) is 0 Å². The zero-order valence-electron chi connectivity index (χ0n) is 17.1. The van der Waals surface area contributed by atoms with Gasteiger partial charge in [0.05, 0.1) is 5.56 Å². The highest BCUT2D eigenvalue weighted by molar-refractivity contribution is 5.91. The Labute approximate surface area is 183 Å². The first-order valence-corrected chi connectivity index (χ1v) is 9.38. The number of benzene rings is 2. The van der Waals surface area contributed by atoms with Crippen LogP contribution in [-0.4, -0.2) is 54.1 Å². The molecule has 0 heterocycles. The number of phenols is 4. The number of carbonyl (C=O) groups is 1. The molecule has 172 valence electrons. The van der Waals surface area contributed by atoms with Crippen LogP contribution in [0.15, 0.2) is 54.5 Å². The van der Waals surface area contributed by atoms with Crippen LogP contribution in [0.4, 0.5) is 0 Å². The summed E-state index contributed by atoms with van der Waals surface area (Å²) < 4.78 is 10.6. The average Bonchev–Trinajstić information content (AvgIpc) is 2.72. The number of esters is 1. The van der Waals surface area contributed by atoms with E-state index in [0.29, 0.717) is 0 Å². The van der Waals surface area contributed by atoms with Gasteiger partial charge in [-0.2, -0.15) is 0 Å². The summed E-state index contributed by atoms with van der Waals surface area (Å²) in [6, 6.07) is 6.18. The Morgan fingerprint density at radius 2 is 1.72 bits per heavy atom. The summed E-state index contributed by atoms with van der Waals surface area (Å²) in [5.41, 5.74) is 0.0221. The smallest absolute Gasteiger partial charge is 0.338 e. The van der Waals surface area contributed by atoms with Crippen molar-refractivity contribution in [2.24, 2.45) is 0 Å². The van der Waals surface area contributed by atoms with Gasteiger partial charge in [0.15, 0.2) is 23.0 Å². The van der Waals surface area contributed by atoms with Crippen LogP contribution >= 0.6 is 0 Å². The molecule has 0 spiro atoms. The van der Waals surface area contributed by atoms with Gasteiger partial charge in [0.2, 0.25) is 6.29 Å². The van der Waals surface area contributed by atoms with Crippen molar-refractivity contribution in [2.45, 2.75) is 32.2 Å². The highest BCUT2D eigenvalue weighted by Crippen LogP contribution is 2.36. The molecular formula is C22H24O10. The molecule has 0 radical (unpaired) electrons. The molecule has 1 unspecified atom stereocenters. The molecule has 7 N–H and O–H groups in total. The monoisotopic (exact) mass is 448 g/mol. The molecule has 2 rings (SSSR count). The predicted octanol–water partition coefficient (Wildman–Crippen LogP) is 2.90. The molecule has 0 aromatic heterocycles. The van der Waals surface area contributed by atoms with Crippen LogP contribution in [0.3, 0.4) is 0 Å². The molecule has 0 fully saturated rings. The fraction of sp³-hybridized carbons (Fsp3) is 0.227. The lowest BCUT2D eigenvalue weighted by Gasteiger charge is -2.19. The van der Waals surface area contributed by atoms with Gasteiger partial charge in [-0.15, -0.1) is 0 Å². The van der Waals surface area contributed by atoms with Gasteiger partial charge < -0.3 is 45.2 Å². The lowest BCUT2D eigenvalue weighted by Crippen LogP contribution is -2.20. The van der Waals surface area contributed by atoms with Gasteiger partial charge in [-0.25, -0.2) is 4.79 Å². The summed E-state index contributed by atoms with van der Waals surface area (Å²) in [6.45, 7) is 4.66. The second-order valence-corrected chi connectivity index (χ2v) is 6.88.